The molecule has 1 atom stereocenters. The molecular formula is C13H21ClN4O. The largest absolute Gasteiger partial charge is 0.303 e. The SMILES string of the molecule is Cc1nn(C)c(Cl)c1CC(=O)C1CN(C)CCN1C. The molecule has 19 heavy (non-hydrogen) atoms. The minimum atomic E-state index is -0.0468. The van der Waals surface area contributed by atoms with Gasteiger partial charge in [0.05, 0.1) is 11.7 Å². The monoisotopic (exact) mass is 284 g/mol. The van der Waals surface area contributed by atoms with Crippen LogP contribution < -0.4 is 0 Å². The number of nitrogens with zero attached hydrogens (tertiary/aromatic N) is 4. The van der Waals surface area contributed by atoms with Crippen molar-refractivity contribution in [1.29, 1.82) is 0 Å². The van der Waals surface area contributed by atoms with Gasteiger partial charge in [0.2, 0.25) is 0 Å². The van der Waals surface area contributed by atoms with Crippen molar-refractivity contribution in [2.75, 3.05) is 33.7 Å². The van der Waals surface area contributed by atoms with Crippen LogP contribution in [0.15, 0.2) is 0 Å². The number of carbonyl (C=O) groups is 1. The number of halogens is 1. The molecule has 0 bridgehead atoms. The average molecular weight is 285 g/mol. The van der Waals surface area contributed by atoms with Gasteiger partial charge in [0, 0.05) is 38.7 Å². The Hall–Kier alpha value is -0.910. The van der Waals surface area contributed by atoms with E-state index in [1.54, 1.807) is 11.7 Å². The van der Waals surface area contributed by atoms with Crippen LogP contribution in [0.2, 0.25) is 5.15 Å². The van der Waals surface area contributed by atoms with E-state index in [0.29, 0.717) is 11.6 Å². The predicted molar refractivity (Wildman–Crippen MR) is 75.6 cm³/mol. The third kappa shape index (κ3) is 2.99. The van der Waals surface area contributed by atoms with Gasteiger partial charge in [-0.25, -0.2) is 0 Å². The van der Waals surface area contributed by atoms with Crippen LogP contribution in [-0.2, 0) is 18.3 Å². The molecule has 1 saturated heterocycles. The molecule has 0 saturated carbocycles. The van der Waals surface area contributed by atoms with Crippen LogP contribution in [0.3, 0.4) is 0 Å². The lowest BCUT2D eigenvalue weighted by Crippen LogP contribution is -2.53. The highest BCUT2D eigenvalue weighted by atomic mass is 35.5. The van der Waals surface area contributed by atoms with Crippen molar-refractivity contribution in [3.63, 3.8) is 0 Å². The first kappa shape index (κ1) is 14.5. The van der Waals surface area contributed by atoms with Crippen molar-refractivity contribution >= 4 is 17.4 Å². The van der Waals surface area contributed by atoms with Gasteiger partial charge in [-0.3, -0.25) is 14.4 Å². The Morgan fingerprint density at radius 1 is 1.37 bits per heavy atom. The molecule has 0 spiro atoms. The highest BCUT2D eigenvalue weighted by molar-refractivity contribution is 6.30. The van der Waals surface area contributed by atoms with Gasteiger partial charge in [-0.2, -0.15) is 5.10 Å². The summed E-state index contributed by atoms with van der Waals surface area (Å²) in [6, 6.07) is -0.0468. The standard InChI is InChI=1S/C13H21ClN4O/c1-9-10(13(14)18(4)15-9)7-12(19)11-8-16(2)5-6-17(11)3/h11H,5-8H2,1-4H3. The molecule has 1 aromatic rings. The Morgan fingerprint density at radius 3 is 2.63 bits per heavy atom. The minimum Gasteiger partial charge on any atom is -0.303 e. The molecule has 1 aliphatic rings. The number of aryl methyl sites for hydroxylation is 2. The quantitative estimate of drug-likeness (QED) is 0.821. The van der Waals surface area contributed by atoms with Gasteiger partial charge in [-0.05, 0) is 21.0 Å². The minimum absolute atomic E-state index is 0.0468. The number of Topliss-reactive ketones (excluding diaryl/α,β-unsaturated/α-hetero) is 1. The number of likely N-dealkylation sites (N-methyl/N-ethyl adjacent to an activating group) is 2. The van der Waals surface area contributed by atoms with Crippen molar-refractivity contribution < 1.29 is 4.79 Å². The van der Waals surface area contributed by atoms with E-state index in [4.69, 9.17) is 11.6 Å². The maximum atomic E-state index is 12.5. The summed E-state index contributed by atoms with van der Waals surface area (Å²) in [6.45, 7) is 4.61. The Balaban J connectivity index is 2.12. The molecule has 0 amide bonds. The lowest BCUT2D eigenvalue weighted by molar-refractivity contribution is -0.125. The van der Waals surface area contributed by atoms with Gasteiger partial charge in [0.25, 0.3) is 0 Å². The van der Waals surface area contributed by atoms with E-state index in [1.165, 1.54) is 0 Å². The molecule has 0 aromatic carbocycles. The van der Waals surface area contributed by atoms with Crippen LogP contribution in [0.25, 0.3) is 0 Å². The summed E-state index contributed by atoms with van der Waals surface area (Å²) in [4.78, 5) is 16.8. The zero-order valence-electron chi connectivity index (χ0n) is 12.0. The van der Waals surface area contributed by atoms with E-state index in [2.05, 4.69) is 21.9 Å². The molecule has 6 heteroatoms. The van der Waals surface area contributed by atoms with Crippen LogP contribution in [0.4, 0.5) is 0 Å². The first-order valence-corrected chi connectivity index (χ1v) is 6.87. The second-order valence-corrected chi connectivity index (χ2v) is 5.74. The molecule has 5 nitrogen and oxygen atoms in total. The van der Waals surface area contributed by atoms with Gasteiger partial charge in [-0.1, -0.05) is 11.6 Å². The van der Waals surface area contributed by atoms with E-state index in [1.807, 2.05) is 14.0 Å². The van der Waals surface area contributed by atoms with E-state index < -0.39 is 0 Å². The Bertz CT molecular complexity index is 485. The van der Waals surface area contributed by atoms with Gasteiger partial charge in [0.15, 0.2) is 5.78 Å². The molecule has 1 fully saturated rings. The Morgan fingerprint density at radius 2 is 2.05 bits per heavy atom. The zero-order chi connectivity index (χ0) is 14.2. The molecule has 2 heterocycles. The van der Waals surface area contributed by atoms with Crippen LogP contribution in [0, 0.1) is 6.92 Å². The first-order chi connectivity index (χ1) is 8.90. The maximum Gasteiger partial charge on any atom is 0.155 e. The third-order valence-electron chi connectivity index (χ3n) is 3.84. The summed E-state index contributed by atoms with van der Waals surface area (Å²) in [5, 5.41) is 4.82. The molecule has 0 N–H and O–H groups in total. The van der Waals surface area contributed by atoms with Crippen molar-refractivity contribution in [3.05, 3.63) is 16.4 Å². The second-order valence-electron chi connectivity index (χ2n) is 5.38. The topological polar surface area (TPSA) is 41.4 Å². The third-order valence-corrected chi connectivity index (χ3v) is 4.32. The zero-order valence-corrected chi connectivity index (χ0v) is 12.7. The second kappa shape index (κ2) is 5.61. The predicted octanol–water partition coefficient (Wildman–Crippen LogP) is 0.739. The molecule has 1 aliphatic heterocycles. The Kier molecular flexibility index (Phi) is 4.28. The summed E-state index contributed by atoms with van der Waals surface area (Å²) >= 11 is 6.19. The highest BCUT2D eigenvalue weighted by Crippen LogP contribution is 2.21. The van der Waals surface area contributed by atoms with Gasteiger partial charge in [0.1, 0.15) is 5.15 Å². The molecule has 1 unspecified atom stereocenters. The number of aromatic nitrogens is 2. The summed E-state index contributed by atoms with van der Waals surface area (Å²) < 4.78 is 1.62. The van der Waals surface area contributed by atoms with Crippen molar-refractivity contribution in [1.82, 2.24) is 19.6 Å². The van der Waals surface area contributed by atoms with E-state index >= 15 is 0 Å². The maximum absolute atomic E-state index is 12.5. The van der Waals surface area contributed by atoms with Crippen molar-refractivity contribution in [3.8, 4) is 0 Å². The van der Waals surface area contributed by atoms with Crippen LogP contribution in [-0.4, -0.2) is 65.1 Å². The van der Waals surface area contributed by atoms with E-state index in [-0.39, 0.29) is 11.8 Å². The lowest BCUT2D eigenvalue weighted by atomic mass is 10.0. The number of hydrogen-bond acceptors (Lipinski definition) is 4. The number of carbonyl (C=O) groups excluding carboxylic acids is 1. The van der Waals surface area contributed by atoms with Crippen LogP contribution in [0.5, 0.6) is 0 Å². The molecule has 106 valence electrons. The number of hydrogen-bond donors (Lipinski definition) is 0. The summed E-state index contributed by atoms with van der Waals surface area (Å²) in [7, 11) is 5.85. The molecular weight excluding hydrogens is 264 g/mol. The highest BCUT2D eigenvalue weighted by Gasteiger charge is 2.29. The first-order valence-electron chi connectivity index (χ1n) is 6.49. The van der Waals surface area contributed by atoms with E-state index in [9.17, 15) is 4.79 Å². The van der Waals surface area contributed by atoms with Crippen molar-refractivity contribution in [2.45, 2.75) is 19.4 Å². The van der Waals surface area contributed by atoms with E-state index in [0.717, 1.165) is 30.9 Å². The smallest absolute Gasteiger partial charge is 0.155 e. The number of rotatable bonds is 3. The summed E-state index contributed by atoms with van der Waals surface area (Å²) in [6.07, 6.45) is 0.362. The van der Waals surface area contributed by atoms with Crippen molar-refractivity contribution in [2.24, 2.45) is 7.05 Å². The number of piperazine rings is 1. The fourth-order valence-corrected chi connectivity index (χ4v) is 2.77. The Labute approximate surface area is 119 Å². The fraction of sp³-hybridized carbons (Fsp3) is 0.692. The average Bonchev–Trinajstić information content (AvgIpc) is 2.59. The molecule has 1 aromatic heterocycles. The fourth-order valence-electron chi connectivity index (χ4n) is 2.52. The van der Waals surface area contributed by atoms with Crippen LogP contribution >= 0.6 is 11.6 Å². The van der Waals surface area contributed by atoms with Gasteiger partial charge < -0.3 is 4.90 Å². The molecule has 2 rings (SSSR count). The summed E-state index contributed by atoms with van der Waals surface area (Å²) in [5.74, 6) is 0.215. The molecule has 0 radical (unpaired) electrons. The summed E-state index contributed by atoms with van der Waals surface area (Å²) in [5.41, 5.74) is 1.70. The van der Waals surface area contributed by atoms with Crippen LogP contribution in [0.1, 0.15) is 11.3 Å². The lowest BCUT2D eigenvalue weighted by Gasteiger charge is -2.36. The van der Waals surface area contributed by atoms with Gasteiger partial charge in [-0.15, -0.1) is 0 Å². The molecule has 0 aliphatic carbocycles. The number of ketones is 1. The normalized spacial score (nSPS) is 21.8. The van der Waals surface area contributed by atoms with Gasteiger partial charge >= 0.3 is 0 Å².